The van der Waals surface area contributed by atoms with Crippen LogP contribution in [0.3, 0.4) is 0 Å². The predicted molar refractivity (Wildman–Crippen MR) is 105 cm³/mol. The monoisotopic (exact) mass is 365 g/mol. The summed E-state index contributed by atoms with van der Waals surface area (Å²) in [6.45, 7) is 2.44. The molecule has 4 nitrogen and oxygen atoms in total. The van der Waals surface area contributed by atoms with Gasteiger partial charge in [0.05, 0.1) is 11.9 Å². The molecule has 6 heteroatoms. The SMILES string of the molecule is Cc1sc2[nH]c(=S)n(Cc3cccnc3)c(=O)c2c1-c1ccccc1. The third kappa shape index (κ3) is 2.83. The van der Waals surface area contributed by atoms with Gasteiger partial charge in [-0.15, -0.1) is 11.3 Å². The summed E-state index contributed by atoms with van der Waals surface area (Å²) in [6, 6.07) is 13.8. The number of pyridine rings is 1. The molecule has 0 aliphatic heterocycles. The Morgan fingerprint density at radius 3 is 2.72 bits per heavy atom. The third-order valence-electron chi connectivity index (χ3n) is 4.13. The Balaban J connectivity index is 1.98. The van der Waals surface area contributed by atoms with Crippen molar-refractivity contribution in [2.45, 2.75) is 13.5 Å². The van der Waals surface area contributed by atoms with Gasteiger partial charge in [0.1, 0.15) is 4.83 Å². The van der Waals surface area contributed by atoms with Gasteiger partial charge in [-0.25, -0.2) is 0 Å². The first-order valence-electron chi connectivity index (χ1n) is 7.85. The Kier molecular flexibility index (Phi) is 4.07. The highest BCUT2D eigenvalue weighted by molar-refractivity contribution is 7.71. The van der Waals surface area contributed by atoms with E-state index in [0.717, 1.165) is 26.4 Å². The molecule has 0 aliphatic carbocycles. The molecule has 0 spiro atoms. The zero-order valence-corrected chi connectivity index (χ0v) is 15.2. The van der Waals surface area contributed by atoms with Crippen molar-refractivity contribution in [1.82, 2.24) is 14.5 Å². The molecule has 0 saturated carbocycles. The van der Waals surface area contributed by atoms with Gasteiger partial charge >= 0.3 is 0 Å². The number of nitrogens with one attached hydrogen (secondary N) is 1. The van der Waals surface area contributed by atoms with Crippen LogP contribution in [0.2, 0.25) is 0 Å². The van der Waals surface area contributed by atoms with Crippen LogP contribution in [0.15, 0.2) is 59.7 Å². The quantitative estimate of drug-likeness (QED) is 0.542. The van der Waals surface area contributed by atoms with Crippen LogP contribution in [0, 0.1) is 11.7 Å². The maximum absolute atomic E-state index is 13.2. The number of hydrogen-bond acceptors (Lipinski definition) is 4. The van der Waals surface area contributed by atoms with Crippen LogP contribution < -0.4 is 5.56 Å². The molecule has 124 valence electrons. The molecule has 1 aromatic carbocycles. The second kappa shape index (κ2) is 6.38. The molecule has 4 aromatic rings. The van der Waals surface area contributed by atoms with E-state index >= 15 is 0 Å². The lowest BCUT2D eigenvalue weighted by Crippen LogP contribution is -2.22. The smallest absolute Gasteiger partial charge is 0.264 e. The molecular formula is C19H15N3OS2. The van der Waals surface area contributed by atoms with Crippen LogP contribution in [0.1, 0.15) is 10.4 Å². The number of benzene rings is 1. The Hall–Kier alpha value is -2.57. The van der Waals surface area contributed by atoms with Crippen molar-refractivity contribution in [3.05, 3.63) is 80.4 Å². The third-order valence-corrected chi connectivity index (χ3v) is 5.48. The highest BCUT2D eigenvalue weighted by Gasteiger charge is 2.17. The van der Waals surface area contributed by atoms with Crippen molar-refractivity contribution >= 4 is 33.8 Å². The largest absolute Gasteiger partial charge is 0.323 e. The van der Waals surface area contributed by atoms with Crippen molar-refractivity contribution < 1.29 is 0 Å². The molecule has 25 heavy (non-hydrogen) atoms. The van der Waals surface area contributed by atoms with Crippen LogP contribution in [-0.4, -0.2) is 14.5 Å². The molecule has 3 heterocycles. The normalized spacial score (nSPS) is 11.1. The lowest BCUT2D eigenvalue weighted by molar-refractivity contribution is 0.733. The van der Waals surface area contributed by atoms with Crippen LogP contribution in [0.4, 0.5) is 0 Å². The van der Waals surface area contributed by atoms with Gasteiger partial charge in [-0.05, 0) is 36.3 Å². The van der Waals surface area contributed by atoms with E-state index in [-0.39, 0.29) is 5.56 Å². The number of aromatic nitrogens is 3. The second-order valence-corrected chi connectivity index (χ2v) is 7.40. The first-order chi connectivity index (χ1) is 12.1. The number of nitrogens with zero attached hydrogens (tertiary/aromatic N) is 2. The number of aryl methyl sites for hydroxylation is 1. The summed E-state index contributed by atoms with van der Waals surface area (Å²) in [5.74, 6) is 0. The molecule has 0 saturated heterocycles. The minimum Gasteiger partial charge on any atom is -0.323 e. The van der Waals surface area contributed by atoms with Crippen molar-refractivity contribution in [2.75, 3.05) is 0 Å². The van der Waals surface area contributed by atoms with Gasteiger partial charge in [0, 0.05) is 22.8 Å². The lowest BCUT2D eigenvalue weighted by Gasteiger charge is -2.07. The zero-order chi connectivity index (χ0) is 17.4. The fourth-order valence-electron chi connectivity index (χ4n) is 3.00. The number of H-pyrrole nitrogens is 1. The van der Waals surface area contributed by atoms with E-state index in [4.69, 9.17) is 12.2 Å². The van der Waals surface area contributed by atoms with E-state index in [1.54, 1.807) is 28.3 Å². The summed E-state index contributed by atoms with van der Waals surface area (Å²) in [4.78, 5) is 22.5. The molecule has 0 bridgehead atoms. The number of thiophene rings is 1. The van der Waals surface area contributed by atoms with Gasteiger partial charge < -0.3 is 4.98 Å². The van der Waals surface area contributed by atoms with E-state index in [1.165, 1.54) is 0 Å². The van der Waals surface area contributed by atoms with Crippen molar-refractivity contribution in [3.8, 4) is 11.1 Å². The summed E-state index contributed by atoms with van der Waals surface area (Å²) in [6.07, 6.45) is 3.47. The summed E-state index contributed by atoms with van der Waals surface area (Å²) in [5.41, 5.74) is 2.90. The summed E-state index contributed by atoms with van der Waals surface area (Å²) < 4.78 is 2.04. The molecule has 0 fully saturated rings. The van der Waals surface area contributed by atoms with Crippen molar-refractivity contribution in [1.29, 1.82) is 0 Å². The van der Waals surface area contributed by atoms with Crippen LogP contribution in [0.5, 0.6) is 0 Å². The van der Waals surface area contributed by atoms with Crippen molar-refractivity contribution in [3.63, 3.8) is 0 Å². The number of fused-ring (bicyclic) bond motifs is 1. The topological polar surface area (TPSA) is 50.7 Å². The van der Waals surface area contributed by atoms with Crippen molar-refractivity contribution in [2.24, 2.45) is 0 Å². The average molecular weight is 365 g/mol. The molecule has 1 N–H and O–H groups in total. The Bertz CT molecular complexity index is 1160. The maximum Gasteiger partial charge on any atom is 0.264 e. The number of hydrogen-bond donors (Lipinski definition) is 1. The van der Waals surface area contributed by atoms with E-state index in [9.17, 15) is 4.79 Å². The van der Waals surface area contributed by atoms with E-state index < -0.39 is 0 Å². The standard InChI is InChI=1S/C19H15N3OS2/c1-12-15(14-7-3-2-4-8-14)16-17(25-12)21-19(24)22(18(16)23)11-13-6-5-9-20-10-13/h2-10H,11H2,1H3,(H,21,24). The van der Waals surface area contributed by atoms with E-state index in [2.05, 4.69) is 9.97 Å². The highest BCUT2D eigenvalue weighted by Crippen LogP contribution is 2.35. The minimum absolute atomic E-state index is 0.0641. The second-order valence-electron chi connectivity index (χ2n) is 5.79. The minimum atomic E-state index is -0.0641. The van der Waals surface area contributed by atoms with Gasteiger partial charge in [0.15, 0.2) is 4.77 Å². The molecular weight excluding hydrogens is 350 g/mol. The van der Waals surface area contributed by atoms with Gasteiger partial charge in [0.25, 0.3) is 5.56 Å². The van der Waals surface area contributed by atoms with Gasteiger partial charge in [-0.3, -0.25) is 14.3 Å². The summed E-state index contributed by atoms with van der Waals surface area (Å²) >= 11 is 7.00. The average Bonchev–Trinajstić information content (AvgIpc) is 2.96. The highest BCUT2D eigenvalue weighted by atomic mass is 32.1. The molecule has 0 atom stereocenters. The fraction of sp³-hybridized carbons (Fsp3) is 0.105. The molecule has 0 unspecified atom stereocenters. The van der Waals surface area contributed by atoms with Gasteiger partial charge in [-0.2, -0.15) is 0 Å². The number of rotatable bonds is 3. The fourth-order valence-corrected chi connectivity index (χ4v) is 4.38. The lowest BCUT2D eigenvalue weighted by atomic mass is 10.0. The molecule has 0 amide bonds. The number of aromatic amines is 1. The first kappa shape index (κ1) is 15.9. The summed E-state index contributed by atoms with van der Waals surface area (Å²) in [7, 11) is 0. The first-order valence-corrected chi connectivity index (χ1v) is 9.08. The van der Waals surface area contributed by atoms with Gasteiger partial charge in [0.2, 0.25) is 0 Å². The van der Waals surface area contributed by atoms with Crippen LogP contribution in [-0.2, 0) is 6.54 Å². The molecule has 0 aliphatic rings. The Morgan fingerprint density at radius 1 is 1.20 bits per heavy atom. The maximum atomic E-state index is 13.2. The van der Waals surface area contributed by atoms with E-state index in [0.29, 0.717) is 16.7 Å². The van der Waals surface area contributed by atoms with Gasteiger partial charge in [-0.1, -0.05) is 36.4 Å². The Labute approximate surface area is 153 Å². The Morgan fingerprint density at radius 2 is 2.00 bits per heavy atom. The zero-order valence-electron chi connectivity index (χ0n) is 13.5. The van der Waals surface area contributed by atoms with E-state index in [1.807, 2.05) is 49.4 Å². The summed E-state index contributed by atoms with van der Waals surface area (Å²) in [5, 5.41) is 0.700. The van der Waals surface area contributed by atoms with Crippen LogP contribution >= 0.6 is 23.6 Å². The molecule has 0 radical (unpaired) electrons. The van der Waals surface area contributed by atoms with Crippen LogP contribution in [0.25, 0.3) is 21.3 Å². The molecule has 3 aromatic heterocycles. The predicted octanol–water partition coefficient (Wildman–Crippen LogP) is 4.54. The molecule has 4 rings (SSSR count).